The van der Waals surface area contributed by atoms with Gasteiger partial charge < -0.3 is 9.55 Å². The van der Waals surface area contributed by atoms with E-state index in [0.29, 0.717) is 10.6 Å². The number of benzene rings is 1. The third kappa shape index (κ3) is 2.39. The van der Waals surface area contributed by atoms with Gasteiger partial charge in [-0.15, -0.1) is 11.8 Å². The number of nitrogens with zero attached hydrogens (tertiary/aromatic N) is 2. The van der Waals surface area contributed by atoms with Crippen LogP contribution in [0, 0.1) is 0 Å². The minimum atomic E-state index is 0.0414. The molecular weight excluding hydrogens is 366 g/mol. The molecule has 0 fully saturated rings. The molecule has 0 amide bonds. The predicted octanol–water partition coefficient (Wildman–Crippen LogP) is 5.04. The molecule has 5 rings (SSSR count). The van der Waals surface area contributed by atoms with E-state index in [2.05, 4.69) is 20.6 Å². The normalized spacial score (nSPS) is 16.1. The highest BCUT2D eigenvalue weighted by Crippen LogP contribution is 2.42. The molecule has 128 valence electrons. The first kappa shape index (κ1) is 15.7. The van der Waals surface area contributed by atoms with E-state index in [1.807, 2.05) is 54.5 Å². The molecule has 0 saturated heterocycles. The molecule has 1 aliphatic heterocycles. The van der Waals surface area contributed by atoms with E-state index >= 15 is 0 Å². The summed E-state index contributed by atoms with van der Waals surface area (Å²) in [7, 11) is 0. The Morgan fingerprint density at radius 2 is 2.19 bits per heavy atom. The van der Waals surface area contributed by atoms with E-state index in [-0.39, 0.29) is 11.2 Å². The molecule has 26 heavy (non-hydrogen) atoms. The average Bonchev–Trinajstić information content (AvgIpc) is 3.36. The van der Waals surface area contributed by atoms with Crippen LogP contribution in [0.25, 0.3) is 10.9 Å². The Kier molecular flexibility index (Phi) is 3.65. The van der Waals surface area contributed by atoms with Crippen molar-refractivity contribution < 1.29 is 4.79 Å². The number of hydrogen-bond donors (Lipinski definition) is 1. The van der Waals surface area contributed by atoms with Gasteiger partial charge in [0.15, 0.2) is 5.78 Å². The lowest BCUT2D eigenvalue weighted by Crippen LogP contribution is -2.05. The predicted molar refractivity (Wildman–Crippen MR) is 105 cm³/mol. The number of thioether (sulfide) groups is 1. The summed E-state index contributed by atoms with van der Waals surface area (Å²) >= 11 is 7.85. The second-order valence-electron chi connectivity index (χ2n) is 6.25. The summed E-state index contributed by atoms with van der Waals surface area (Å²) < 4.78 is 2.18. The molecule has 1 atom stereocenters. The van der Waals surface area contributed by atoms with Gasteiger partial charge in [0.25, 0.3) is 0 Å². The van der Waals surface area contributed by atoms with Gasteiger partial charge in [0.05, 0.1) is 0 Å². The van der Waals surface area contributed by atoms with Gasteiger partial charge in [-0.25, -0.2) is 0 Å². The molecule has 6 heteroatoms. The van der Waals surface area contributed by atoms with Crippen molar-refractivity contribution in [1.29, 1.82) is 0 Å². The van der Waals surface area contributed by atoms with Crippen molar-refractivity contribution in [2.45, 2.75) is 11.1 Å². The van der Waals surface area contributed by atoms with Gasteiger partial charge in [0, 0.05) is 68.9 Å². The Morgan fingerprint density at radius 1 is 1.27 bits per heavy atom. The van der Waals surface area contributed by atoms with Crippen LogP contribution in [0.15, 0.2) is 61.2 Å². The number of aromatic nitrogens is 3. The minimum absolute atomic E-state index is 0.0414. The average molecular weight is 380 g/mol. The maximum Gasteiger partial charge on any atom is 0.197 e. The Morgan fingerprint density at radius 3 is 3.04 bits per heavy atom. The fraction of sp³-hybridized carbons (Fsp3) is 0.100. The number of pyridine rings is 1. The Balaban J connectivity index is 1.55. The van der Waals surface area contributed by atoms with Crippen molar-refractivity contribution in [1.82, 2.24) is 14.5 Å². The summed E-state index contributed by atoms with van der Waals surface area (Å²) in [6.45, 7) is 0. The molecule has 1 aliphatic rings. The van der Waals surface area contributed by atoms with E-state index in [9.17, 15) is 4.79 Å². The zero-order chi connectivity index (χ0) is 17.7. The quantitative estimate of drug-likeness (QED) is 0.507. The van der Waals surface area contributed by atoms with Gasteiger partial charge in [0.1, 0.15) is 5.37 Å². The molecule has 0 saturated carbocycles. The third-order valence-corrected chi connectivity index (χ3v) is 6.25. The molecule has 1 unspecified atom stereocenters. The van der Waals surface area contributed by atoms with Crippen molar-refractivity contribution in [2.75, 3.05) is 0 Å². The number of aromatic amines is 1. The Bertz CT molecular complexity index is 1130. The summed E-state index contributed by atoms with van der Waals surface area (Å²) in [5, 5.41) is 1.72. The number of fused-ring (bicyclic) bond motifs is 2. The van der Waals surface area contributed by atoms with Crippen molar-refractivity contribution in [3.05, 3.63) is 88.6 Å². The van der Waals surface area contributed by atoms with Gasteiger partial charge >= 0.3 is 0 Å². The smallest absolute Gasteiger partial charge is 0.197 e. The molecule has 3 aromatic heterocycles. The lowest BCUT2D eigenvalue weighted by Gasteiger charge is -2.11. The van der Waals surface area contributed by atoms with Crippen molar-refractivity contribution in [3.63, 3.8) is 0 Å². The van der Waals surface area contributed by atoms with E-state index in [4.69, 9.17) is 11.6 Å². The van der Waals surface area contributed by atoms with E-state index < -0.39 is 0 Å². The van der Waals surface area contributed by atoms with Crippen molar-refractivity contribution >= 4 is 40.0 Å². The van der Waals surface area contributed by atoms with Crippen LogP contribution in [0.5, 0.6) is 0 Å². The number of H-pyrrole nitrogens is 1. The monoisotopic (exact) mass is 379 g/mol. The number of carbonyl (C=O) groups excluding carboxylic acids is 1. The molecule has 1 N–H and O–H groups in total. The van der Waals surface area contributed by atoms with Crippen molar-refractivity contribution in [3.8, 4) is 0 Å². The molecule has 4 heterocycles. The minimum Gasteiger partial charge on any atom is -0.360 e. The number of ketones is 1. The number of rotatable bonds is 3. The standard InChI is InChI=1S/C20H14ClN3OS/c21-13-3-4-14-16(10-23-17(14)8-13)19(25)15-5-7-24-18(15)11-26-20(24)12-2-1-6-22-9-12/h1-10,20,23H,11H2. The van der Waals surface area contributed by atoms with Gasteiger partial charge in [-0.3, -0.25) is 9.78 Å². The van der Waals surface area contributed by atoms with Crippen LogP contribution in [0.1, 0.15) is 32.6 Å². The van der Waals surface area contributed by atoms with Crippen molar-refractivity contribution in [2.24, 2.45) is 0 Å². The highest BCUT2D eigenvalue weighted by atomic mass is 35.5. The zero-order valence-electron chi connectivity index (χ0n) is 13.6. The van der Waals surface area contributed by atoms with E-state index in [0.717, 1.165) is 33.5 Å². The summed E-state index contributed by atoms with van der Waals surface area (Å²) in [6, 6.07) is 11.5. The molecule has 4 aromatic rings. The fourth-order valence-electron chi connectivity index (χ4n) is 3.51. The number of halogens is 1. The second kappa shape index (κ2) is 6.04. The molecule has 0 aliphatic carbocycles. The first-order chi connectivity index (χ1) is 12.7. The highest BCUT2D eigenvalue weighted by Gasteiger charge is 2.29. The molecule has 4 nitrogen and oxygen atoms in total. The summed E-state index contributed by atoms with van der Waals surface area (Å²) in [5.41, 5.74) is 4.53. The number of carbonyl (C=O) groups is 1. The van der Waals surface area contributed by atoms with E-state index in [1.54, 1.807) is 12.4 Å². The van der Waals surface area contributed by atoms with Gasteiger partial charge in [-0.05, 0) is 24.3 Å². The van der Waals surface area contributed by atoms with Crippen LogP contribution < -0.4 is 0 Å². The third-order valence-electron chi connectivity index (χ3n) is 4.76. The van der Waals surface area contributed by atoms with Crippen LogP contribution in [-0.2, 0) is 5.75 Å². The topological polar surface area (TPSA) is 50.7 Å². The largest absolute Gasteiger partial charge is 0.360 e. The van der Waals surface area contributed by atoms with Gasteiger partial charge in [-0.1, -0.05) is 23.7 Å². The molecule has 0 bridgehead atoms. The summed E-state index contributed by atoms with van der Waals surface area (Å²) in [6.07, 6.45) is 7.44. The van der Waals surface area contributed by atoms with Crippen LogP contribution >= 0.6 is 23.4 Å². The highest BCUT2D eigenvalue weighted by molar-refractivity contribution is 7.99. The van der Waals surface area contributed by atoms with Crippen LogP contribution in [0.3, 0.4) is 0 Å². The summed E-state index contributed by atoms with van der Waals surface area (Å²) in [5.74, 6) is 0.849. The van der Waals surface area contributed by atoms with Gasteiger partial charge in [-0.2, -0.15) is 0 Å². The van der Waals surface area contributed by atoms with Crippen LogP contribution in [-0.4, -0.2) is 20.3 Å². The lowest BCUT2D eigenvalue weighted by molar-refractivity contribution is 0.103. The molecule has 1 aromatic carbocycles. The van der Waals surface area contributed by atoms with Gasteiger partial charge in [0.2, 0.25) is 0 Å². The molecule has 0 spiro atoms. The SMILES string of the molecule is O=C(c1ccn2c1CSC2c1cccnc1)c1c[nH]c2cc(Cl)ccc12. The lowest BCUT2D eigenvalue weighted by atomic mass is 10.0. The number of hydrogen-bond acceptors (Lipinski definition) is 3. The Labute approximate surface area is 159 Å². The van der Waals surface area contributed by atoms with Crippen LogP contribution in [0.4, 0.5) is 0 Å². The Hall–Kier alpha value is -2.50. The second-order valence-corrected chi connectivity index (χ2v) is 7.76. The fourth-order valence-corrected chi connectivity index (χ4v) is 4.99. The van der Waals surface area contributed by atoms with E-state index in [1.165, 1.54) is 0 Å². The van der Waals surface area contributed by atoms with Crippen LogP contribution in [0.2, 0.25) is 5.02 Å². The maximum absolute atomic E-state index is 13.2. The zero-order valence-corrected chi connectivity index (χ0v) is 15.2. The number of nitrogens with one attached hydrogen (secondary N) is 1. The first-order valence-corrected chi connectivity index (χ1v) is 9.67. The molecule has 0 radical (unpaired) electrons. The summed E-state index contributed by atoms with van der Waals surface area (Å²) in [4.78, 5) is 20.5. The first-order valence-electron chi connectivity index (χ1n) is 8.25. The molecular formula is C20H14ClN3OS. The maximum atomic E-state index is 13.2.